The zero-order chi connectivity index (χ0) is 17.1. The van der Waals surface area contributed by atoms with Gasteiger partial charge in [-0.25, -0.2) is 13.5 Å². The second-order valence-electron chi connectivity index (χ2n) is 5.30. The van der Waals surface area contributed by atoms with Crippen molar-refractivity contribution in [2.24, 2.45) is 0 Å². The molecule has 0 atom stereocenters. The van der Waals surface area contributed by atoms with E-state index in [4.69, 9.17) is 0 Å². The lowest BCUT2D eigenvalue weighted by atomic mass is 10.2. The van der Waals surface area contributed by atoms with Gasteiger partial charge in [-0.05, 0) is 25.1 Å². The van der Waals surface area contributed by atoms with E-state index in [2.05, 4.69) is 15.6 Å². The summed E-state index contributed by atoms with van der Waals surface area (Å²) in [7, 11) is 0. The van der Waals surface area contributed by atoms with Crippen molar-refractivity contribution in [2.45, 2.75) is 13.5 Å². The van der Waals surface area contributed by atoms with Crippen LogP contribution in [0.5, 0.6) is 0 Å². The highest BCUT2D eigenvalue weighted by Crippen LogP contribution is 2.10. The molecule has 0 aliphatic carbocycles. The predicted octanol–water partition coefficient (Wildman–Crippen LogP) is 2.78. The Bertz CT molecular complexity index is 875. The van der Waals surface area contributed by atoms with E-state index in [0.717, 1.165) is 23.4 Å². The fourth-order valence-electron chi connectivity index (χ4n) is 2.12. The highest BCUT2D eigenvalue weighted by molar-refractivity contribution is 5.91. The van der Waals surface area contributed by atoms with Gasteiger partial charge < -0.3 is 5.32 Å². The Kier molecular flexibility index (Phi) is 4.33. The molecule has 2 aromatic carbocycles. The number of nitrogens with one attached hydrogen (secondary N) is 1. The second kappa shape index (κ2) is 6.57. The molecule has 5 nitrogen and oxygen atoms in total. The topological polar surface area (TPSA) is 59.8 Å². The Hall–Kier alpha value is -3.09. The van der Waals surface area contributed by atoms with Gasteiger partial charge >= 0.3 is 0 Å². The largest absolute Gasteiger partial charge is 0.346 e. The number of aromatic nitrogens is 3. The van der Waals surface area contributed by atoms with Gasteiger partial charge in [-0.3, -0.25) is 4.79 Å². The Morgan fingerprint density at radius 3 is 2.62 bits per heavy atom. The van der Waals surface area contributed by atoms with Crippen molar-refractivity contribution < 1.29 is 13.6 Å². The Morgan fingerprint density at radius 1 is 1.17 bits per heavy atom. The quantitative estimate of drug-likeness (QED) is 0.801. The summed E-state index contributed by atoms with van der Waals surface area (Å²) in [5.74, 6) is -1.86. The number of aryl methyl sites for hydroxylation is 1. The maximum atomic E-state index is 13.5. The zero-order valence-corrected chi connectivity index (χ0v) is 12.8. The van der Waals surface area contributed by atoms with E-state index < -0.39 is 17.5 Å². The summed E-state index contributed by atoms with van der Waals surface area (Å²) in [6.07, 6.45) is 1.49. The maximum absolute atomic E-state index is 13.5. The van der Waals surface area contributed by atoms with Crippen LogP contribution in [-0.2, 0) is 6.54 Å². The summed E-state index contributed by atoms with van der Waals surface area (Å²) >= 11 is 0. The molecular formula is C17H14F2N4O. The molecule has 0 saturated heterocycles. The summed E-state index contributed by atoms with van der Waals surface area (Å²) in [6, 6.07) is 10.8. The minimum atomic E-state index is -0.710. The van der Waals surface area contributed by atoms with Crippen molar-refractivity contribution in [3.8, 4) is 5.69 Å². The van der Waals surface area contributed by atoms with Crippen molar-refractivity contribution in [1.82, 2.24) is 20.3 Å². The van der Waals surface area contributed by atoms with Crippen LogP contribution in [0.25, 0.3) is 5.69 Å². The average Bonchev–Trinajstić information content (AvgIpc) is 3.04. The van der Waals surface area contributed by atoms with Crippen molar-refractivity contribution in [3.05, 3.63) is 77.1 Å². The molecule has 0 saturated carbocycles. The molecule has 7 heteroatoms. The van der Waals surface area contributed by atoms with Crippen molar-refractivity contribution in [1.29, 1.82) is 0 Å². The highest BCUT2D eigenvalue weighted by Gasteiger charge is 2.12. The number of carbonyl (C=O) groups is 1. The Morgan fingerprint density at radius 2 is 1.92 bits per heavy atom. The number of rotatable bonds is 4. The van der Waals surface area contributed by atoms with E-state index in [-0.39, 0.29) is 17.8 Å². The SMILES string of the molecule is Cc1ccc(-n2cc(C(=O)NCc3ccc(F)cc3F)nn2)cc1. The summed E-state index contributed by atoms with van der Waals surface area (Å²) < 4.78 is 27.9. The molecule has 0 unspecified atom stereocenters. The van der Waals surface area contributed by atoms with Gasteiger partial charge in [-0.15, -0.1) is 5.10 Å². The molecule has 0 spiro atoms. The number of hydrogen-bond acceptors (Lipinski definition) is 3. The lowest BCUT2D eigenvalue weighted by molar-refractivity contribution is 0.0945. The molecule has 3 rings (SSSR count). The number of benzene rings is 2. The first kappa shape index (κ1) is 15.8. The fraction of sp³-hybridized carbons (Fsp3) is 0.118. The predicted molar refractivity (Wildman–Crippen MR) is 83.6 cm³/mol. The zero-order valence-electron chi connectivity index (χ0n) is 12.8. The number of hydrogen-bond donors (Lipinski definition) is 1. The molecule has 0 fully saturated rings. The second-order valence-corrected chi connectivity index (χ2v) is 5.30. The van der Waals surface area contributed by atoms with Gasteiger partial charge in [0.25, 0.3) is 5.91 Å². The van der Waals surface area contributed by atoms with Gasteiger partial charge in [-0.2, -0.15) is 0 Å². The molecule has 1 amide bonds. The summed E-state index contributed by atoms with van der Waals surface area (Å²) in [5, 5.41) is 10.2. The summed E-state index contributed by atoms with van der Waals surface area (Å²) in [5.41, 5.74) is 2.18. The minimum Gasteiger partial charge on any atom is -0.346 e. The molecule has 0 radical (unpaired) electrons. The van der Waals surface area contributed by atoms with Crippen molar-refractivity contribution in [3.63, 3.8) is 0 Å². The minimum absolute atomic E-state index is 0.0671. The van der Waals surface area contributed by atoms with Gasteiger partial charge in [-0.1, -0.05) is 29.0 Å². The lowest BCUT2D eigenvalue weighted by Gasteiger charge is -2.04. The van der Waals surface area contributed by atoms with Crippen LogP contribution >= 0.6 is 0 Å². The van der Waals surface area contributed by atoms with E-state index in [0.29, 0.717) is 0 Å². The third kappa shape index (κ3) is 3.45. The average molecular weight is 328 g/mol. The number of amides is 1. The maximum Gasteiger partial charge on any atom is 0.273 e. The first-order valence-corrected chi connectivity index (χ1v) is 7.24. The van der Waals surface area contributed by atoms with E-state index in [9.17, 15) is 13.6 Å². The first-order valence-electron chi connectivity index (χ1n) is 7.24. The molecule has 1 N–H and O–H groups in total. The van der Waals surface area contributed by atoms with Crippen LogP contribution < -0.4 is 5.32 Å². The van der Waals surface area contributed by atoms with Crippen LogP contribution in [0.1, 0.15) is 21.6 Å². The monoisotopic (exact) mass is 328 g/mol. The van der Waals surface area contributed by atoms with E-state index in [1.54, 1.807) is 0 Å². The summed E-state index contributed by atoms with van der Waals surface area (Å²) in [4.78, 5) is 12.1. The van der Waals surface area contributed by atoms with E-state index >= 15 is 0 Å². The molecule has 1 aromatic heterocycles. The lowest BCUT2D eigenvalue weighted by Crippen LogP contribution is -2.23. The third-order valence-corrected chi connectivity index (χ3v) is 3.48. The van der Waals surface area contributed by atoms with Gasteiger partial charge in [0.2, 0.25) is 0 Å². The third-order valence-electron chi connectivity index (χ3n) is 3.48. The smallest absolute Gasteiger partial charge is 0.273 e. The molecule has 1 heterocycles. The van der Waals surface area contributed by atoms with Crippen LogP contribution in [0.4, 0.5) is 8.78 Å². The standard InChI is InChI=1S/C17H14F2N4O/c1-11-2-6-14(7-3-11)23-10-16(21-22-23)17(24)20-9-12-4-5-13(18)8-15(12)19/h2-8,10H,9H2,1H3,(H,20,24). The fourth-order valence-corrected chi connectivity index (χ4v) is 2.12. The van der Waals surface area contributed by atoms with E-state index in [1.165, 1.54) is 16.9 Å². The van der Waals surface area contributed by atoms with Crippen molar-refractivity contribution in [2.75, 3.05) is 0 Å². The molecule has 122 valence electrons. The van der Waals surface area contributed by atoms with Crippen LogP contribution in [0.2, 0.25) is 0 Å². The van der Waals surface area contributed by atoms with Gasteiger partial charge in [0.15, 0.2) is 5.69 Å². The normalized spacial score (nSPS) is 10.6. The molecular weight excluding hydrogens is 314 g/mol. The van der Waals surface area contributed by atoms with Crippen LogP contribution in [0.3, 0.4) is 0 Å². The van der Waals surface area contributed by atoms with Crippen LogP contribution in [-0.4, -0.2) is 20.9 Å². The van der Waals surface area contributed by atoms with Gasteiger partial charge in [0, 0.05) is 18.2 Å². The molecule has 0 aliphatic heterocycles. The number of carbonyl (C=O) groups excluding carboxylic acids is 1. The molecule has 0 bridgehead atoms. The summed E-state index contributed by atoms with van der Waals surface area (Å²) in [6.45, 7) is 1.90. The van der Waals surface area contributed by atoms with Crippen LogP contribution in [0.15, 0.2) is 48.7 Å². The Labute approximate surface area is 136 Å². The van der Waals surface area contributed by atoms with Gasteiger partial charge in [0.05, 0.1) is 11.9 Å². The highest BCUT2D eigenvalue weighted by atomic mass is 19.1. The molecule has 0 aliphatic rings. The van der Waals surface area contributed by atoms with E-state index in [1.807, 2.05) is 31.2 Å². The number of halogens is 2. The van der Waals surface area contributed by atoms with Crippen LogP contribution in [0, 0.1) is 18.6 Å². The van der Waals surface area contributed by atoms with Crippen molar-refractivity contribution >= 4 is 5.91 Å². The molecule has 24 heavy (non-hydrogen) atoms. The number of nitrogens with zero attached hydrogens (tertiary/aromatic N) is 3. The first-order chi connectivity index (χ1) is 11.5. The molecule has 3 aromatic rings. The Balaban J connectivity index is 1.68. The van der Waals surface area contributed by atoms with Gasteiger partial charge in [0.1, 0.15) is 11.6 Å².